The topological polar surface area (TPSA) is 96.1 Å². The molecule has 0 unspecified atom stereocenters. The van der Waals surface area contributed by atoms with Crippen LogP contribution in [-0.2, 0) is 11.2 Å². The van der Waals surface area contributed by atoms with Crippen LogP contribution in [0.25, 0.3) is 22.2 Å². The smallest absolute Gasteiger partial charge is 0.410 e. The Morgan fingerprint density at radius 3 is 2.56 bits per heavy atom. The van der Waals surface area contributed by atoms with Gasteiger partial charge in [-0.25, -0.2) is 9.78 Å². The number of ether oxygens (including phenoxy) is 1. The van der Waals surface area contributed by atoms with Gasteiger partial charge in [-0.2, -0.15) is 0 Å². The van der Waals surface area contributed by atoms with Crippen molar-refractivity contribution < 1.29 is 14.3 Å². The van der Waals surface area contributed by atoms with Gasteiger partial charge in [-0.3, -0.25) is 4.79 Å². The fourth-order valence-electron chi connectivity index (χ4n) is 3.77. The molecule has 1 atom stereocenters. The molecule has 5 rings (SSSR count). The van der Waals surface area contributed by atoms with Crippen LogP contribution in [0.4, 0.5) is 9.93 Å². The average Bonchev–Trinajstić information content (AvgIpc) is 3.52. The Kier molecular flexibility index (Phi) is 6.97. The van der Waals surface area contributed by atoms with Crippen molar-refractivity contribution >= 4 is 51.0 Å². The fraction of sp³-hybridized carbons (Fsp3) is 0.0741. The lowest BCUT2D eigenvalue weighted by Gasteiger charge is -2.17. The molecule has 0 aliphatic rings. The van der Waals surface area contributed by atoms with Gasteiger partial charge in [-0.1, -0.05) is 60.1 Å². The van der Waals surface area contributed by atoms with Crippen LogP contribution in [0.1, 0.15) is 5.56 Å². The fourth-order valence-corrected chi connectivity index (χ4v) is 4.62. The van der Waals surface area contributed by atoms with Crippen LogP contribution in [0.5, 0.6) is 5.75 Å². The van der Waals surface area contributed by atoms with Crippen LogP contribution >= 0.6 is 22.9 Å². The molecular weight excluding hydrogens is 496 g/mol. The van der Waals surface area contributed by atoms with Crippen molar-refractivity contribution in [2.45, 2.75) is 12.5 Å². The van der Waals surface area contributed by atoms with Crippen LogP contribution in [-0.4, -0.2) is 28.0 Å². The Hall–Kier alpha value is -4.14. The first kappa shape index (κ1) is 23.6. The first-order chi connectivity index (χ1) is 17.5. The molecule has 180 valence electrons. The van der Waals surface area contributed by atoms with E-state index < -0.39 is 18.0 Å². The van der Waals surface area contributed by atoms with Gasteiger partial charge in [0, 0.05) is 39.5 Å². The Morgan fingerprint density at radius 1 is 1.00 bits per heavy atom. The van der Waals surface area contributed by atoms with Crippen LogP contribution in [0.15, 0.2) is 90.4 Å². The minimum Gasteiger partial charge on any atom is -0.410 e. The quantitative estimate of drug-likeness (QED) is 0.237. The number of nitrogens with zero attached hydrogens (tertiary/aromatic N) is 1. The molecule has 0 aliphatic heterocycles. The third-order valence-corrected chi connectivity index (χ3v) is 6.55. The number of para-hydroxylation sites is 2. The number of aromatic nitrogens is 2. The maximum absolute atomic E-state index is 13.3. The highest BCUT2D eigenvalue weighted by molar-refractivity contribution is 7.14. The summed E-state index contributed by atoms with van der Waals surface area (Å²) in [7, 11) is 0. The van der Waals surface area contributed by atoms with E-state index in [1.54, 1.807) is 36.4 Å². The highest BCUT2D eigenvalue weighted by atomic mass is 35.5. The zero-order chi connectivity index (χ0) is 24.9. The van der Waals surface area contributed by atoms with Crippen molar-refractivity contribution in [1.29, 1.82) is 0 Å². The van der Waals surface area contributed by atoms with E-state index in [2.05, 4.69) is 20.6 Å². The number of carbonyl (C=O) groups is 2. The summed E-state index contributed by atoms with van der Waals surface area (Å²) in [6.45, 7) is 0. The lowest BCUT2D eigenvalue weighted by molar-refractivity contribution is -0.118. The number of amides is 2. The van der Waals surface area contributed by atoms with E-state index >= 15 is 0 Å². The molecule has 3 N–H and O–H groups in total. The highest BCUT2D eigenvalue weighted by Crippen LogP contribution is 2.26. The summed E-state index contributed by atoms with van der Waals surface area (Å²) < 4.78 is 5.36. The van der Waals surface area contributed by atoms with Gasteiger partial charge in [0.2, 0.25) is 5.91 Å². The summed E-state index contributed by atoms with van der Waals surface area (Å²) in [6.07, 6.45) is 1.38. The summed E-state index contributed by atoms with van der Waals surface area (Å²) in [5.41, 5.74) is 3.45. The third kappa shape index (κ3) is 5.56. The summed E-state index contributed by atoms with van der Waals surface area (Å²) in [5.74, 6) is -0.0175. The third-order valence-electron chi connectivity index (χ3n) is 5.54. The van der Waals surface area contributed by atoms with E-state index in [0.717, 1.165) is 27.7 Å². The number of halogens is 1. The van der Waals surface area contributed by atoms with Gasteiger partial charge in [-0.05, 0) is 35.9 Å². The monoisotopic (exact) mass is 516 g/mol. The molecule has 3 aromatic carbocycles. The Bertz CT molecular complexity index is 1500. The van der Waals surface area contributed by atoms with E-state index in [1.165, 1.54) is 11.3 Å². The molecule has 36 heavy (non-hydrogen) atoms. The number of rotatable bonds is 7. The summed E-state index contributed by atoms with van der Waals surface area (Å²) in [5, 5.41) is 9.43. The Morgan fingerprint density at radius 2 is 1.75 bits per heavy atom. The van der Waals surface area contributed by atoms with Crippen molar-refractivity contribution in [2.75, 3.05) is 5.32 Å². The number of anilines is 1. The molecule has 7 nitrogen and oxygen atoms in total. The standard InChI is InChI=1S/C27H21ClN4O3S/c28-19-12-10-17(11-13-19)24-16-36-26(30-24)32-25(33)23(31-27(34)35-20-6-2-1-3-7-20)14-18-15-29-22-9-5-4-8-21(18)22/h1-13,15-16,23,29H,14H2,(H,31,34)(H,30,32,33)/t23-/m1/s1. The largest absolute Gasteiger partial charge is 0.413 e. The molecule has 5 aromatic rings. The molecule has 2 amide bonds. The molecule has 0 fully saturated rings. The molecular formula is C27H21ClN4O3S. The SMILES string of the molecule is O=C(N[C@H](Cc1c[nH]c2ccccc12)C(=O)Nc1nc(-c2ccc(Cl)cc2)cs1)Oc1ccccc1. The molecule has 2 heterocycles. The van der Waals surface area contributed by atoms with Crippen LogP contribution in [0.3, 0.4) is 0 Å². The van der Waals surface area contributed by atoms with Gasteiger partial charge in [0.1, 0.15) is 11.8 Å². The minimum absolute atomic E-state index is 0.259. The second kappa shape index (κ2) is 10.6. The number of carbonyl (C=O) groups excluding carboxylic acids is 2. The first-order valence-electron chi connectivity index (χ1n) is 11.2. The minimum atomic E-state index is -0.900. The molecule has 0 bridgehead atoms. The van der Waals surface area contributed by atoms with Crippen molar-refractivity contribution in [2.24, 2.45) is 0 Å². The normalized spacial score (nSPS) is 11.7. The Balaban J connectivity index is 1.34. The summed E-state index contributed by atoms with van der Waals surface area (Å²) in [4.78, 5) is 33.7. The summed E-state index contributed by atoms with van der Waals surface area (Å²) in [6, 6.07) is 22.9. The molecule has 0 saturated carbocycles. The van der Waals surface area contributed by atoms with Gasteiger partial charge in [-0.15, -0.1) is 11.3 Å². The molecule has 2 aromatic heterocycles. The lowest BCUT2D eigenvalue weighted by atomic mass is 10.0. The number of hydrogen-bond donors (Lipinski definition) is 3. The zero-order valence-corrected chi connectivity index (χ0v) is 20.5. The second-order valence-electron chi connectivity index (χ2n) is 8.00. The molecule has 0 spiro atoms. The van der Waals surface area contributed by atoms with E-state index in [1.807, 2.05) is 54.0 Å². The number of fused-ring (bicyclic) bond motifs is 1. The predicted molar refractivity (Wildman–Crippen MR) is 143 cm³/mol. The van der Waals surface area contributed by atoms with Crippen molar-refractivity contribution in [3.05, 3.63) is 101 Å². The Labute approximate surface area is 216 Å². The average molecular weight is 517 g/mol. The predicted octanol–water partition coefficient (Wildman–Crippen LogP) is 6.28. The number of H-pyrrole nitrogens is 1. The van der Waals surface area contributed by atoms with Gasteiger partial charge in [0.15, 0.2) is 5.13 Å². The van der Waals surface area contributed by atoms with Crippen LogP contribution in [0.2, 0.25) is 5.02 Å². The van der Waals surface area contributed by atoms with E-state index in [9.17, 15) is 9.59 Å². The molecule has 9 heteroatoms. The lowest BCUT2D eigenvalue weighted by Crippen LogP contribution is -2.46. The highest BCUT2D eigenvalue weighted by Gasteiger charge is 2.24. The van der Waals surface area contributed by atoms with Crippen LogP contribution < -0.4 is 15.4 Å². The number of hydrogen-bond acceptors (Lipinski definition) is 5. The first-order valence-corrected chi connectivity index (χ1v) is 12.4. The van der Waals surface area contributed by atoms with Gasteiger partial charge < -0.3 is 20.4 Å². The van der Waals surface area contributed by atoms with Crippen molar-refractivity contribution in [3.8, 4) is 17.0 Å². The van der Waals surface area contributed by atoms with Crippen LogP contribution in [0, 0.1) is 0 Å². The van der Waals surface area contributed by atoms with Gasteiger partial charge in [0.05, 0.1) is 5.69 Å². The van der Waals surface area contributed by atoms with Crippen molar-refractivity contribution in [3.63, 3.8) is 0 Å². The van der Waals surface area contributed by atoms with Gasteiger partial charge >= 0.3 is 6.09 Å². The molecule has 0 radical (unpaired) electrons. The molecule has 0 saturated heterocycles. The van der Waals surface area contributed by atoms with Crippen molar-refractivity contribution in [1.82, 2.24) is 15.3 Å². The second-order valence-corrected chi connectivity index (χ2v) is 9.29. The number of nitrogens with one attached hydrogen (secondary N) is 3. The molecule has 0 aliphatic carbocycles. The maximum atomic E-state index is 13.3. The number of thiazole rings is 1. The maximum Gasteiger partial charge on any atom is 0.413 e. The van der Waals surface area contributed by atoms with Gasteiger partial charge in [0.25, 0.3) is 0 Å². The summed E-state index contributed by atoms with van der Waals surface area (Å²) >= 11 is 7.27. The van der Waals surface area contributed by atoms with E-state index in [-0.39, 0.29) is 6.42 Å². The number of aromatic amines is 1. The van der Waals surface area contributed by atoms with E-state index in [0.29, 0.717) is 15.9 Å². The zero-order valence-electron chi connectivity index (χ0n) is 18.9. The number of benzene rings is 3. The van der Waals surface area contributed by atoms with E-state index in [4.69, 9.17) is 16.3 Å².